The maximum atomic E-state index is 12.6. The molecule has 25 heavy (non-hydrogen) atoms. The second kappa shape index (κ2) is 6.78. The van der Waals surface area contributed by atoms with Crippen molar-refractivity contribution in [3.05, 3.63) is 58.1 Å². The molecule has 3 rings (SSSR count). The molecule has 1 saturated carbocycles. The standard InChI is InChI=1S/C18H19ClN2O3S/c1-11-4-8-15(25(23,24)21-14-6-7-14)10-16(11)18(22)20-17-9-13(19)5-3-12(17)2/h3-5,8-10,14,21H,6-7H2,1-2H3,(H,20,22). The number of aryl methyl sites for hydroxylation is 2. The number of benzene rings is 2. The summed E-state index contributed by atoms with van der Waals surface area (Å²) in [7, 11) is -3.61. The summed E-state index contributed by atoms with van der Waals surface area (Å²) >= 11 is 5.98. The Morgan fingerprint density at radius 2 is 1.76 bits per heavy atom. The maximum Gasteiger partial charge on any atom is 0.255 e. The Kier molecular flexibility index (Phi) is 4.86. The second-order valence-electron chi connectivity index (χ2n) is 6.29. The van der Waals surface area contributed by atoms with Crippen LogP contribution in [-0.4, -0.2) is 20.4 Å². The average molecular weight is 379 g/mol. The summed E-state index contributed by atoms with van der Waals surface area (Å²) in [5.74, 6) is -0.369. The SMILES string of the molecule is Cc1ccc(Cl)cc1NC(=O)c1cc(S(=O)(=O)NC2CC2)ccc1C. The largest absolute Gasteiger partial charge is 0.322 e. The molecule has 2 aromatic carbocycles. The van der Waals surface area contributed by atoms with Crippen molar-refractivity contribution >= 4 is 33.2 Å². The molecule has 1 aliphatic carbocycles. The molecule has 7 heteroatoms. The van der Waals surface area contributed by atoms with Crippen molar-refractivity contribution in [3.63, 3.8) is 0 Å². The number of sulfonamides is 1. The fourth-order valence-electron chi connectivity index (χ4n) is 2.42. The first kappa shape index (κ1) is 17.9. The fourth-order valence-corrected chi connectivity index (χ4v) is 3.92. The van der Waals surface area contributed by atoms with Crippen LogP contribution < -0.4 is 10.0 Å². The summed E-state index contributed by atoms with van der Waals surface area (Å²) in [5.41, 5.74) is 2.48. The molecular formula is C18H19ClN2O3S. The fraction of sp³-hybridized carbons (Fsp3) is 0.278. The van der Waals surface area contributed by atoms with E-state index in [0.717, 1.165) is 18.4 Å². The number of hydrogen-bond acceptors (Lipinski definition) is 3. The number of amides is 1. The molecule has 0 unspecified atom stereocenters. The third-order valence-corrected chi connectivity index (χ3v) is 5.86. The number of halogens is 1. The molecule has 0 aliphatic heterocycles. The van der Waals surface area contributed by atoms with Gasteiger partial charge in [-0.15, -0.1) is 0 Å². The first-order valence-electron chi connectivity index (χ1n) is 7.97. The topological polar surface area (TPSA) is 75.3 Å². The van der Waals surface area contributed by atoms with Gasteiger partial charge < -0.3 is 5.32 Å². The van der Waals surface area contributed by atoms with E-state index in [9.17, 15) is 13.2 Å². The van der Waals surface area contributed by atoms with Gasteiger partial charge >= 0.3 is 0 Å². The van der Waals surface area contributed by atoms with Gasteiger partial charge in [0.2, 0.25) is 10.0 Å². The smallest absolute Gasteiger partial charge is 0.255 e. The maximum absolute atomic E-state index is 12.6. The minimum Gasteiger partial charge on any atom is -0.322 e. The highest BCUT2D eigenvalue weighted by Gasteiger charge is 2.28. The predicted octanol–water partition coefficient (Wildman–Crippen LogP) is 3.65. The second-order valence-corrected chi connectivity index (χ2v) is 8.44. The number of anilines is 1. The van der Waals surface area contributed by atoms with E-state index in [-0.39, 0.29) is 16.8 Å². The molecule has 1 fully saturated rings. The van der Waals surface area contributed by atoms with E-state index in [2.05, 4.69) is 10.0 Å². The van der Waals surface area contributed by atoms with Crippen LogP contribution in [0.2, 0.25) is 5.02 Å². The Balaban J connectivity index is 1.89. The van der Waals surface area contributed by atoms with Crippen molar-refractivity contribution in [2.24, 2.45) is 0 Å². The Hall–Kier alpha value is -1.89. The van der Waals surface area contributed by atoms with Crippen LogP contribution in [0.1, 0.15) is 34.3 Å². The minimum atomic E-state index is -3.61. The molecular weight excluding hydrogens is 360 g/mol. The van der Waals surface area contributed by atoms with Crippen LogP contribution in [-0.2, 0) is 10.0 Å². The minimum absolute atomic E-state index is 0.0117. The Morgan fingerprint density at radius 3 is 2.44 bits per heavy atom. The van der Waals surface area contributed by atoms with Gasteiger partial charge in [0.1, 0.15) is 0 Å². The molecule has 1 aliphatic rings. The summed E-state index contributed by atoms with van der Waals surface area (Å²) in [6, 6.07) is 9.80. The van der Waals surface area contributed by atoms with Crippen LogP contribution in [0.4, 0.5) is 5.69 Å². The lowest BCUT2D eigenvalue weighted by atomic mass is 10.1. The van der Waals surface area contributed by atoms with E-state index in [1.165, 1.54) is 12.1 Å². The van der Waals surface area contributed by atoms with Crippen LogP contribution in [0, 0.1) is 13.8 Å². The van der Waals surface area contributed by atoms with Crippen LogP contribution in [0.3, 0.4) is 0 Å². The van der Waals surface area contributed by atoms with Gasteiger partial charge in [-0.2, -0.15) is 0 Å². The van der Waals surface area contributed by atoms with Crippen molar-refractivity contribution in [1.29, 1.82) is 0 Å². The highest BCUT2D eigenvalue weighted by Crippen LogP contribution is 2.25. The Bertz CT molecular complexity index is 937. The molecule has 0 aromatic heterocycles. The zero-order chi connectivity index (χ0) is 18.2. The van der Waals surface area contributed by atoms with Gasteiger partial charge in [-0.25, -0.2) is 13.1 Å². The quantitative estimate of drug-likeness (QED) is 0.833. The molecule has 0 saturated heterocycles. The molecule has 0 heterocycles. The van der Waals surface area contributed by atoms with Crippen molar-refractivity contribution in [1.82, 2.24) is 4.72 Å². The van der Waals surface area contributed by atoms with E-state index in [0.29, 0.717) is 21.8 Å². The molecule has 5 nitrogen and oxygen atoms in total. The summed E-state index contributed by atoms with van der Waals surface area (Å²) in [6.07, 6.45) is 1.71. The number of carbonyl (C=O) groups excluding carboxylic acids is 1. The van der Waals surface area contributed by atoms with Gasteiger partial charge in [-0.1, -0.05) is 23.7 Å². The third kappa shape index (κ3) is 4.21. The molecule has 1 amide bonds. The monoisotopic (exact) mass is 378 g/mol. The summed E-state index contributed by atoms with van der Waals surface area (Å²) < 4.78 is 27.4. The van der Waals surface area contributed by atoms with Crippen LogP contribution in [0.5, 0.6) is 0 Å². The van der Waals surface area contributed by atoms with Crippen molar-refractivity contribution in [2.45, 2.75) is 37.6 Å². The molecule has 2 N–H and O–H groups in total. The number of rotatable bonds is 5. The Labute approximate surface area is 152 Å². The zero-order valence-corrected chi connectivity index (χ0v) is 15.5. The van der Waals surface area contributed by atoms with Gasteiger partial charge in [-0.05, 0) is 62.1 Å². The van der Waals surface area contributed by atoms with Crippen molar-refractivity contribution in [3.8, 4) is 0 Å². The first-order valence-corrected chi connectivity index (χ1v) is 9.83. The molecule has 0 radical (unpaired) electrons. The first-order chi connectivity index (χ1) is 11.8. The highest BCUT2D eigenvalue weighted by molar-refractivity contribution is 7.89. The highest BCUT2D eigenvalue weighted by atomic mass is 35.5. The molecule has 2 aromatic rings. The zero-order valence-electron chi connectivity index (χ0n) is 14.0. The molecule has 0 spiro atoms. The van der Waals surface area contributed by atoms with Crippen LogP contribution in [0.15, 0.2) is 41.3 Å². The van der Waals surface area contributed by atoms with E-state index >= 15 is 0 Å². The summed E-state index contributed by atoms with van der Waals surface area (Å²) in [4.78, 5) is 12.7. The van der Waals surface area contributed by atoms with Gasteiger partial charge in [0, 0.05) is 22.3 Å². The Morgan fingerprint density at radius 1 is 1.08 bits per heavy atom. The summed E-state index contributed by atoms with van der Waals surface area (Å²) in [6.45, 7) is 3.63. The number of carbonyl (C=O) groups is 1. The van der Waals surface area contributed by atoms with Crippen LogP contribution >= 0.6 is 11.6 Å². The predicted molar refractivity (Wildman–Crippen MR) is 98.7 cm³/mol. The van der Waals surface area contributed by atoms with Crippen LogP contribution in [0.25, 0.3) is 0 Å². The molecule has 0 bridgehead atoms. The van der Waals surface area contributed by atoms with Gasteiger partial charge in [0.15, 0.2) is 0 Å². The third-order valence-electron chi connectivity index (χ3n) is 4.11. The van der Waals surface area contributed by atoms with Crippen molar-refractivity contribution in [2.75, 3.05) is 5.32 Å². The molecule has 132 valence electrons. The summed E-state index contributed by atoms with van der Waals surface area (Å²) in [5, 5.41) is 3.32. The van der Waals surface area contributed by atoms with Gasteiger partial charge in [0.25, 0.3) is 5.91 Å². The molecule has 0 atom stereocenters. The number of nitrogens with one attached hydrogen (secondary N) is 2. The normalized spacial score (nSPS) is 14.4. The van der Waals surface area contributed by atoms with Gasteiger partial charge in [-0.3, -0.25) is 4.79 Å². The lowest BCUT2D eigenvalue weighted by Gasteiger charge is -2.12. The number of hydrogen-bond donors (Lipinski definition) is 2. The lowest BCUT2D eigenvalue weighted by molar-refractivity contribution is 0.102. The van der Waals surface area contributed by atoms with E-state index in [4.69, 9.17) is 11.6 Å². The van der Waals surface area contributed by atoms with E-state index in [1.54, 1.807) is 25.1 Å². The van der Waals surface area contributed by atoms with E-state index < -0.39 is 10.0 Å². The van der Waals surface area contributed by atoms with Crippen molar-refractivity contribution < 1.29 is 13.2 Å². The van der Waals surface area contributed by atoms with E-state index in [1.807, 2.05) is 13.0 Å². The average Bonchev–Trinajstić information content (AvgIpc) is 3.34. The lowest BCUT2D eigenvalue weighted by Crippen LogP contribution is -2.26. The van der Waals surface area contributed by atoms with Gasteiger partial charge in [0.05, 0.1) is 4.90 Å².